The molecule has 138 valence electrons. The van der Waals surface area contributed by atoms with Crippen molar-refractivity contribution >= 4 is 49.4 Å². The summed E-state index contributed by atoms with van der Waals surface area (Å²) in [7, 11) is 2.02. The van der Waals surface area contributed by atoms with E-state index in [1.165, 1.54) is 0 Å². The zero-order valence-electron chi connectivity index (χ0n) is 15.2. The molecule has 0 amide bonds. The Bertz CT molecular complexity index is 1110. The predicted octanol–water partition coefficient (Wildman–Crippen LogP) is 2.43. The number of nitrogens with zero attached hydrogens (tertiary/aromatic N) is 6. The Morgan fingerprint density at radius 2 is 1.96 bits per heavy atom. The first-order valence-corrected chi connectivity index (χ1v) is 9.78. The molecular formula is C18H20N8S. The van der Waals surface area contributed by atoms with Gasteiger partial charge in [0.2, 0.25) is 5.95 Å². The van der Waals surface area contributed by atoms with Crippen molar-refractivity contribution in [3.05, 3.63) is 30.4 Å². The van der Waals surface area contributed by atoms with Crippen LogP contribution in [0.4, 0.5) is 17.5 Å². The first kappa shape index (κ1) is 16.4. The van der Waals surface area contributed by atoms with Crippen molar-refractivity contribution in [2.45, 2.75) is 6.92 Å². The number of imidazole rings is 1. The number of hydrogen-bond donors (Lipinski definition) is 2. The molecule has 8 nitrogen and oxygen atoms in total. The number of aryl methyl sites for hydroxylation is 2. The molecule has 2 N–H and O–H groups in total. The van der Waals surface area contributed by atoms with Gasteiger partial charge >= 0.3 is 0 Å². The summed E-state index contributed by atoms with van der Waals surface area (Å²) in [5, 5.41) is 6.58. The van der Waals surface area contributed by atoms with Crippen LogP contribution < -0.4 is 15.5 Å². The Morgan fingerprint density at radius 3 is 2.74 bits per heavy atom. The number of piperazine rings is 1. The average Bonchev–Trinajstić information content (AvgIpc) is 3.19. The number of anilines is 3. The van der Waals surface area contributed by atoms with Gasteiger partial charge in [-0.2, -0.15) is 0 Å². The number of nitrogens with one attached hydrogen (secondary N) is 2. The summed E-state index contributed by atoms with van der Waals surface area (Å²) in [6, 6.07) is 4.06. The van der Waals surface area contributed by atoms with Crippen molar-refractivity contribution in [3.63, 3.8) is 0 Å². The minimum atomic E-state index is 0.545. The fraction of sp³-hybridized carbons (Fsp3) is 0.333. The molecule has 0 aliphatic carbocycles. The highest BCUT2D eigenvalue weighted by molar-refractivity contribution is 7.25. The molecule has 0 unspecified atom stereocenters. The molecule has 0 radical (unpaired) electrons. The van der Waals surface area contributed by atoms with Gasteiger partial charge in [0.25, 0.3) is 0 Å². The van der Waals surface area contributed by atoms with Crippen molar-refractivity contribution in [1.82, 2.24) is 29.8 Å². The standard InChI is InChI=1S/C18H20N8S/c1-11-22-17-16(25(11)2)15-13(27-17)10-21-18(24-15)23-14-4-3-12(9-20-14)26-7-5-19-6-8-26/h3-4,9-10,19H,5-8H2,1-2H3,(H,20,21,23,24). The van der Waals surface area contributed by atoms with Crippen LogP contribution in [0.1, 0.15) is 5.82 Å². The molecule has 1 aliphatic heterocycles. The van der Waals surface area contributed by atoms with Gasteiger partial charge < -0.3 is 20.1 Å². The van der Waals surface area contributed by atoms with Crippen molar-refractivity contribution in [2.75, 3.05) is 36.4 Å². The molecule has 0 bridgehead atoms. The van der Waals surface area contributed by atoms with Gasteiger partial charge in [0.15, 0.2) is 0 Å². The van der Waals surface area contributed by atoms with Crippen LogP contribution in [0.25, 0.3) is 20.6 Å². The van der Waals surface area contributed by atoms with E-state index in [0.29, 0.717) is 5.95 Å². The quantitative estimate of drug-likeness (QED) is 0.565. The first-order chi connectivity index (χ1) is 13.2. The zero-order valence-corrected chi connectivity index (χ0v) is 16.0. The van der Waals surface area contributed by atoms with Crippen molar-refractivity contribution in [3.8, 4) is 0 Å². The summed E-state index contributed by atoms with van der Waals surface area (Å²) in [6.45, 7) is 6.04. The third kappa shape index (κ3) is 2.88. The lowest BCUT2D eigenvalue weighted by molar-refractivity contribution is 0.589. The normalized spacial score (nSPS) is 15.0. The SMILES string of the molecule is Cc1nc2sc3cnc(Nc4ccc(N5CCNCC5)cn4)nc3c2n1C. The highest BCUT2D eigenvalue weighted by atomic mass is 32.1. The molecule has 0 spiro atoms. The van der Waals surface area contributed by atoms with E-state index in [1.807, 2.05) is 32.4 Å². The van der Waals surface area contributed by atoms with E-state index in [-0.39, 0.29) is 0 Å². The van der Waals surface area contributed by atoms with Crippen molar-refractivity contribution in [2.24, 2.45) is 7.05 Å². The molecule has 5 heterocycles. The van der Waals surface area contributed by atoms with E-state index < -0.39 is 0 Å². The second-order valence-electron chi connectivity index (χ2n) is 6.64. The maximum absolute atomic E-state index is 4.71. The van der Waals surface area contributed by atoms with Crippen LogP contribution in [0.15, 0.2) is 24.5 Å². The van der Waals surface area contributed by atoms with Gasteiger partial charge in [0.1, 0.15) is 27.5 Å². The van der Waals surface area contributed by atoms with Crippen LogP contribution in [0.3, 0.4) is 0 Å². The molecular weight excluding hydrogens is 360 g/mol. The molecule has 9 heteroatoms. The summed E-state index contributed by atoms with van der Waals surface area (Å²) in [4.78, 5) is 21.6. The fourth-order valence-corrected chi connectivity index (χ4v) is 4.44. The van der Waals surface area contributed by atoms with Gasteiger partial charge in [0, 0.05) is 33.2 Å². The van der Waals surface area contributed by atoms with Gasteiger partial charge in [-0.15, -0.1) is 11.3 Å². The smallest absolute Gasteiger partial charge is 0.229 e. The average molecular weight is 380 g/mol. The zero-order chi connectivity index (χ0) is 18.4. The Morgan fingerprint density at radius 1 is 1.11 bits per heavy atom. The number of fused-ring (bicyclic) bond motifs is 3. The Labute approximate surface area is 160 Å². The lowest BCUT2D eigenvalue weighted by atomic mass is 10.3. The number of aromatic nitrogens is 5. The van der Waals surface area contributed by atoms with Crippen molar-refractivity contribution < 1.29 is 0 Å². The van der Waals surface area contributed by atoms with Crippen LogP contribution in [-0.4, -0.2) is 50.7 Å². The van der Waals surface area contributed by atoms with E-state index in [1.54, 1.807) is 11.3 Å². The Kier molecular flexibility index (Phi) is 3.91. The number of rotatable bonds is 3. The minimum absolute atomic E-state index is 0.545. The van der Waals surface area contributed by atoms with E-state index in [0.717, 1.165) is 64.1 Å². The molecule has 27 heavy (non-hydrogen) atoms. The van der Waals surface area contributed by atoms with E-state index in [4.69, 9.17) is 4.98 Å². The second-order valence-corrected chi connectivity index (χ2v) is 7.67. The molecule has 4 aromatic heterocycles. The van der Waals surface area contributed by atoms with Gasteiger partial charge in [-0.25, -0.2) is 19.9 Å². The molecule has 0 atom stereocenters. The van der Waals surface area contributed by atoms with Crippen LogP contribution >= 0.6 is 11.3 Å². The minimum Gasteiger partial charge on any atom is -0.368 e. The summed E-state index contributed by atoms with van der Waals surface area (Å²) >= 11 is 1.62. The third-order valence-electron chi connectivity index (χ3n) is 4.94. The lowest BCUT2D eigenvalue weighted by Gasteiger charge is -2.29. The predicted molar refractivity (Wildman–Crippen MR) is 109 cm³/mol. The maximum atomic E-state index is 4.71. The fourth-order valence-electron chi connectivity index (χ4n) is 3.38. The molecule has 0 saturated carbocycles. The summed E-state index contributed by atoms with van der Waals surface area (Å²) in [5.74, 6) is 2.26. The molecule has 0 aromatic carbocycles. The molecule has 4 aromatic rings. The first-order valence-electron chi connectivity index (χ1n) is 8.96. The van der Waals surface area contributed by atoms with Crippen LogP contribution in [-0.2, 0) is 7.05 Å². The summed E-state index contributed by atoms with van der Waals surface area (Å²) in [5.41, 5.74) is 3.12. The molecule has 1 aliphatic rings. The second kappa shape index (κ2) is 6.43. The highest BCUT2D eigenvalue weighted by Gasteiger charge is 2.15. The lowest BCUT2D eigenvalue weighted by Crippen LogP contribution is -2.43. The largest absolute Gasteiger partial charge is 0.368 e. The van der Waals surface area contributed by atoms with E-state index in [9.17, 15) is 0 Å². The van der Waals surface area contributed by atoms with Crippen LogP contribution in [0.5, 0.6) is 0 Å². The number of thiophene rings is 1. The van der Waals surface area contributed by atoms with Crippen LogP contribution in [0.2, 0.25) is 0 Å². The molecule has 1 saturated heterocycles. The van der Waals surface area contributed by atoms with Gasteiger partial charge in [-0.1, -0.05) is 0 Å². The Hall–Kier alpha value is -2.78. The van der Waals surface area contributed by atoms with Gasteiger partial charge in [0.05, 0.1) is 22.8 Å². The number of pyridine rings is 1. The summed E-state index contributed by atoms with van der Waals surface area (Å²) in [6.07, 6.45) is 3.75. The highest BCUT2D eigenvalue weighted by Crippen LogP contribution is 2.32. The van der Waals surface area contributed by atoms with E-state index >= 15 is 0 Å². The third-order valence-corrected chi connectivity index (χ3v) is 5.94. The summed E-state index contributed by atoms with van der Waals surface area (Å²) < 4.78 is 3.11. The Balaban J connectivity index is 1.42. The molecule has 5 rings (SSSR count). The number of hydrogen-bond acceptors (Lipinski definition) is 8. The van der Waals surface area contributed by atoms with Crippen LogP contribution in [0, 0.1) is 6.92 Å². The van der Waals surface area contributed by atoms with Gasteiger partial charge in [-0.3, -0.25) is 0 Å². The van der Waals surface area contributed by atoms with E-state index in [2.05, 4.69) is 41.1 Å². The van der Waals surface area contributed by atoms with Gasteiger partial charge in [-0.05, 0) is 19.1 Å². The maximum Gasteiger partial charge on any atom is 0.229 e. The topological polar surface area (TPSA) is 83.8 Å². The van der Waals surface area contributed by atoms with Crippen molar-refractivity contribution in [1.29, 1.82) is 0 Å². The monoisotopic (exact) mass is 380 g/mol. The molecule has 1 fully saturated rings.